The van der Waals surface area contributed by atoms with Gasteiger partial charge in [0.05, 0.1) is 12.7 Å². The van der Waals surface area contributed by atoms with Crippen LogP contribution in [0, 0.1) is 0 Å². The molecular formula is C14H19BrO2. The van der Waals surface area contributed by atoms with Crippen molar-refractivity contribution in [1.82, 2.24) is 0 Å². The first-order valence-corrected chi connectivity index (χ1v) is 7.14. The van der Waals surface area contributed by atoms with E-state index in [4.69, 9.17) is 4.74 Å². The van der Waals surface area contributed by atoms with E-state index in [0.717, 1.165) is 23.7 Å². The van der Waals surface area contributed by atoms with Crippen molar-refractivity contribution in [3.63, 3.8) is 0 Å². The molecule has 1 aromatic rings. The maximum Gasteiger partial charge on any atom is 0.338 e. The summed E-state index contributed by atoms with van der Waals surface area (Å²) in [5.74, 6) is -0.235. The van der Waals surface area contributed by atoms with Crippen LogP contribution in [-0.2, 0) is 11.2 Å². The van der Waals surface area contributed by atoms with Gasteiger partial charge in [-0.1, -0.05) is 47.0 Å². The highest BCUT2D eigenvalue weighted by atomic mass is 79.9. The van der Waals surface area contributed by atoms with Gasteiger partial charge in [0.1, 0.15) is 0 Å². The molecule has 1 rings (SSSR count). The molecule has 0 spiro atoms. The third-order valence-corrected chi connectivity index (χ3v) is 3.31. The van der Waals surface area contributed by atoms with Gasteiger partial charge in [-0.3, -0.25) is 0 Å². The van der Waals surface area contributed by atoms with E-state index in [1.807, 2.05) is 24.3 Å². The first-order chi connectivity index (χ1) is 8.29. The molecule has 2 nitrogen and oxygen atoms in total. The summed E-state index contributed by atoms with van der Waals surface area (Å²) in [6.07, 6.45) is 5.75. The van der Waals surface area contributed by atoms with Crippen molar-refractivity contribution in [2.75, 3.05) is 12.4 Å². The third kappa shape index (κ3) is 4.90. The summed E-state index contributed by atoms with van der Waals surface area (Å²) in [6.45, 7) is 0. The maximum absolute atomic E-state index is 11.5. The Morgan fingerprint density at radius 1 is 1.18 bits per heavy atom. The lowest BCUT2D eigenvalue weighted by Crippen LogP contribution is -2.05. The molecule has 0 fully saturated rings. The summed E-state index contributed by atoms with van der Waals surface area (Å²) in [6, 6.07) is 7.69. The Hall–Kier alpha value is -0.830. The van der Waals surface area contributed by atoms with Crippen LogP contribution in [0.25, 0.3) is 0 Å². The molecule has 1 aromatic carbocycles. The number of ether oxygens (including phenoxy) is 1. The predicted molar refractivity (Wildman–Crippen MR) is 73.7 cm³/mol. The van der Waals surface area contributed by atoms with Crippen LogP contribution in [0.5, 0.6) is 0 Å². The Bertz CT molecular complexity index is 350. The minimum atomic E-state index is -0.235. The van der Waals surface area contributed by atoms with E-state index < -0.39 is 0 Å². The molecule has 0 unspecified atom stereocenters. The van der Waals surface area contributed by atoms with E-state index in [1.54, 1.807) is 0 Å². The fourth-order valence-corrected chi connectivity index (χ4v) is 2.21. The van der Waals surface area contributed by atoms with Crippen molar-refractivity contribution in [1.29, 1.82) is 0 Å². The SMILES string of the molecule is COC(=O)c1ccccc1CCCCCCBr. The standard InChI is InChI=1S/C14H19BrO2/c1-17-14(16)13-10-6-5-9-12(13)8-4-2-3-7-11-15/h5-6,9-10H,2-4,7-8,11H2,1H3. The Morgan fingerprint density at radius 3 is 2.59 bits per heavy atom. The largest absolute Gasteiger partial charge is 0.465 e. The first-order valence-electron chi connectivity index (χ1n) is 6.01. The van der Waals surface area contributed by atoms with Gasteiger partial charge in [-0.2, -0.15) is 0 Å². The number of alkyl halides is 1. The smallest absolute Gasteiger partial charge is 0.338 e. The lowest BCUT2D eigenvalue weighted by atomic mass is 10.0. The topological polar surface area (TPSA) is 26.3 Å². The fourth-order valence-electron chi connectivity index (χ4n) is 1.81. The molecule has 0 aliphatic carbocycles. The van der Waals surface area contributed by atoms with Crippen LogP contribution < -0.4 is 0 Å². The number of hydrogen-bond donors (Lipinski definition) is 0. The van der Waals surface area contributed by atoms with Crippen LogP contribution in [0.2, 0.25) is 0 Å². The minimum Gasteiger partial charge on any atom is -0.465 e. The normalized spacial score (nSPS) is 10.2. The summed E-state index contributed by atoms with van der Waals surface area (Å²) >= 11 is 3.43. The van der Waals surface area contributed by atoms with Crippen molar-refractivity contribution < 1.29 is 9.53 Å². The van der Waals surface area contributed by atoms with Gasteiger partial charge < -0.3 is 4.74 Å². The van der Waals surface area contributed by atoms with Gasteiger partial charge in [-0.05, 0) is 30.9 Å². The molecule has 0 radical (unpaired) electrons. The Labute approximate surface area is 111 Å². The van der Waals surface area contributed by atoms with Crippen LogP contribution in [-0.4, -0.2) is 18.4 Å². The number of aryl methyl sites for hydroxylation is 1. The summed E-state index contributed by atoms with van der Waals surface area (Å²) in [4.78, 5) is 11.5. The van der Waals surface area contributed by atoms with Crippen LogP contribution in [0.4, 0.5) is 0 Å². The molecule has 0 atom stereocenters. The van der Waals surface area contributed by atoms with E-state index in [-0.39, 0.29) is 5.97 Å². The second kappa shape index (κ2) is 8.29. The molecule has 0 N–H and O–H groups in total. The molecule has 3 heteroatoms. The van der Waals surface area contributed by atoms with Gasteiger partial charge in [0.25, 0.3) is 0 Å². The number of esters is 1. The average molecular weight is 299 g/mol. The van der Waals surface area contributed by atoms with Gasteiger partial charge in [0.2, 0.25) is 0 Å². The van der Waals surface area contributed by atoms with Crippen LogP contribution >= 0.6 is 15.9 Å². The molecule has 0 bridgehead atoms. The van der Waals surface area contributed by atoms with Crippen LogP contribution in [0.15, 0.2) is 24.3 Å². The highest BCUT2D eigenvalue weighted by Gasteiger charge is 2.09. The van der Waals surface area contributed by atoms with Crippen molar-refractivity contribution in [3.8, 4) is 0 Å². The Morgan fingerprint density at radius 2 is 1.88 bits per heavy atom. The average Bonchev–Trinajstić information content (AvgIpc) is 2.38. The van der Waals surface area contributed by atoms with Crippen LogP contribution in [0.1, 0.15) is 41.6 Å². The van der Waals surface area contributed by atoms with Gasteiger partial charge in [0, 0.05) is 5.33 Å². The number of methoxy groups -OCH3 is 1. The number of hydrogen-bond acceptors (Lipinski definition) is 2. The molecule has 0 amide bonds. The molecular weight excluding hydrogens is 280 g/mol. The summed E-state index contributed by atoms with van der Waals surface area (Å²) in [5, 5.41) is 1.08. The van der Waals surface area contributed by atoms with Gasteiger partial charge >= 0.3 is 5.97 Å². The van der Waals surface area contributed by atoms with Gasteiger partial charge in [-0.15, -0.1) is 0 Å². The molecule has 0 aliphatic heterocycles. The fraction of sp³-hybridized carbons (Fsp3) is 0.500. The van der Waals surface area contributed by atoms with E-state index in [0.29, 0.717) is 5.56 Å². The van der Waals surface area contributed by atoms with E-state index >= 15 is 0 Å². The van der Waals surface area contributed by atoms with Gasteiger partial charge in [-0.25, -0.2) is 4.79 Å². The second-order valence-electron chi connectivity index (χ2n) is 4.00. The third-order valence-electron chi connectivity index (χ3n) is 2.75. The van der Waals surface area contributed by atoms with Crippen molar-refractivity contribution in [3.05, 3.63) is 35.4 Å². The van der Waals surface area contributed by atoms with E-state index in [9.17, 15) is 4.79 Å². The van der Waals surface area contributed by atoms with Crippen LogP contribution in [0.3, 0.4) is 0 Å². The molecule has 0 aromatic heterocycles. The molecule has 0 heterocycles. The summed E-state index contributed by atoms with van der Waals surface area (Å²) in [7, 11) is 1.43. The van der Waals surface area contributed by atoms with Crippen molar-refractivity contribution in [2.24, 2.45) is 0 Å². The number of rotatable bonds is 7. The van der Waals surface area contributed by atoms with Gasteiger partial charge in [0.15, 0.2) is 0 Å². The number of carbonyl (C=O) groups is 1. The Balaban J connectivity index is 2.49. The summed E-state index contributed by atoms with van der Waals surface area (Å²) < 4.78 is 4.78. The maximum atomic E-state index is 11.5. The number of carbonyl (C=O) groups excluding carboxylic acids is 1. The lowest BCUT2D eigenvalue weighted by molar-refractivity contribution is 0.0599. The molecule has 94 valence electrons. The van der Waals surface area contributed by atoms with E-state index in [1.165, 1.54) is 26.4 Å². The zero-order valence-electron chi connectivity index (χ0n) is 10.2. The number of unbranched alkanes of at least 4 members (excludes halogenated alkanes) is 3. The summed E-state index contributed by atoms with van der Waals surface area (Å²) in [5.41, 5.74) is 1.80. The highest BCUT2D eigenvalue weighted by molar-refractivity contribution is 9.09. The second-order valence-corrected chi connectivity index (χ2v) is 4.79. The molecule has 17 heavy (non-hydrogen) atoms. The number of benzene rings is 1. The first kappa shape index (κ1) is 14.2. The van der Waals surface area contributed by atoms with Crippen molar-refractivity contribution >= 4 is 21.9 Å². The molecule has 0 saturated heterocycles. The van der Waals surface area contributed by atoms with E-state index in [2.05, 4.69) is 15.9 Å². The zero-order chi connectivity index (χ0) is 12.5. The molecule has 0 saturated carbocycles. The predicted octanol–water partition coefficient (Wildman–Crippen LogP) is 3.97. The number of halogens is 1. The lowest BCUT2D eigenvalue weighted by Gasteiger charge is -2.07. The zero-order valence-corrected chi connectivity index (χ0v) is 11.8. The quantitative estimate of drug-likeness (QED) is 0.432. The van der Waals surface area contributed by atoms with Crippen molar-refractivity contribution in [2.45, 2.75) is 32.1 Å². The Kier molecular flexibility index (Phi) is 6.94. The monoisotopic (exact) mass is 298 g/mol. The molecule has 0 aliphatic rings. The highest BCUT2D eigenvalue weighted by Crippen LogP contribution is 2.14. The minimum absolute atomic E-state index is 0.235.